The molecule has 1 aliphatic heterocycles. The van der Waals surface area contributed by atoms with Crippen LogP contribution in [0.15, 0.2) is 94.6 Å². The number of hydrogen-bond acceptors (Lipinski definition) is 6. The van der Waals surface area contributed by atoms with E-state index in [2.05, 4.69) is 0 Å². The lowest BCUT2D eigenvalue weighted by atomic mass is 9.94. The Labute approximate surface area is 208 Å². The zero-order valence-corrected chi connectivity index (χ0v) is 19.9. The second-order valence-corrected chi connectivity index (χ2v) is 8.49. The molecule has 0 bridgehead atoms. The number of hydrogen-bond donors (Lipinski definition) is 1. The van der Waals surface area contributed by atoms with E-state index in [1.165, 1.54) is 19.1 Å². The quantitative estimate of drug-likeness (QED) is 0.344. The van der Waals surface area contributed by atoms with E-state index in [1.807, 2.05) is 48.5 Å². The number of rotatable bonds is 8. The lowest BCUT2D eigenvalue weighted by Gasteiger charge is -2.27. The minimum atomic E-state index is -0.832. The lowest BCUT2D eigenvalue weighted by Crippen LogP contribution is -2.33. The summed E-state index contributed by atoms with van der Waals surface area (Å²) in [5.74, 6) is -0.703. The fourth-order valence-electron chi connectivity index (χ4n) is 4.61. The number of furan rings is 1. The maximum atomic E-state index is 13.7. The molecule has 182 valence electrons. The standard InChI is InChI=1S/C29H25NO6/c1-34-22-13-12-20(17-23(22)35-2)26-25(27(31)24-16-19-10-6-7-11-21(19)36-24)28(32)29(33)30(26)15-14-18-8-4-3-5-9-18/h3-13,16-17,26,32H,14-15H2,1-2H3. The maximum absolute atomic E-state index is 13.7. The number of nitrogens with zero attached hydrogens (tertiary/aromatic N) is 1. The molecule has 0 fully saturated rings. The van der Waals surface area contributed by atoms with E-state index in [0.29, 0.717) is 35.6 Å². The number of ketones is 1. The van der Waals surface area contributed by atoms with Gasteiger partial charge in [-0.25, -0.2) is 0 Å². The fourth-order valence-corrected chi connectivity index (χ4v) is 4.61. The number of benzene rings is 3. The number of aliphatic hydroxyl groups excluding tert-OH is 1. The Balaban J connectivity index is 1.58. The summed E-state index contributed by atoms with van der Waals surface area (Å²) in [7, 11) is 3.05. The fraction of sp³-hybridized carbons (Fsp3) is 0.172. The molecule has 7 nitrogen and oxygen atoms in total. The molecule has 2 heterocycles. The highest BCUT2D eigenvalue weighted by molar-refractivity contribution is 6.16. The Morgan fingerprint density at radius 2 is 1.67 bits per heavy atom. The molecule has 1 N–H and O–H groups in total. The number of carbonyl (C=O) groups excluding carboxylic acids is 2. The molecule has 7 heteroatoms. The van der Waals surface area contributed by atoms with Crippen LogP contribution in [0.4, 0.5) is 0 Å². The van der Waals surface area contributed by atoms with Gasteiger partial charge in [0.25, 0.3) is 5.91 Å². The van der Waals surface area contributed by atoms with Crippen LogP contribution < -0.4 is 9.47 Å². The van der Waals surface area contributed by atoms with Crippen molar-refractivity contribution in [2.24, 2.45) is 0 Å². The highest BCUT2D eigenvalue weighted by Gasteiger charge is 2.44. The number of para-hydroxylation sites is 1. The van der Waals surface area contributed by atoms with Gasteiger partial charge < -0.3 is 23.9 Å². The third kappa shape index (κ3) is 4.09. The van der Waals surface area contributed by atoms with Crippen molar-refractivity contribution in [2.45, 2.75) is 12.5 Å². The molecule has 5 rings (SSSR count). The summed E-state index contributed by atoms with van der Waals surface area (Å²) in [6, 6.07) is 23.0. The number of aliphatic hydroxyl groups is 1. The highest BCUT2D eigenvalue weighted by atomic mass is 16.5. The van der Waals surface area contributed by atoms with E-state index in [4.69, 9.17) is 13.9 Å². The van der Waals surface area contributed by atoms with Crippen molar-refractivity contribution in [3.63, 3.8) is 0 Å². The van der Waals surface area contributed by atoms with Crippen LogP contribution in [0.5, 0.6) is 11.5 Å². The molecule has 1 amide bonds. The lowest BCUT2D eigenvalue weighted by molar-refractivity contribution is -0.129. The van der Waals surface area contributed by atoms with Crippen molar-refractivity contribution >= 4 is 22.7 Å². The summed E-state index contributed by atoms with van der Waals surface area (Å²) in [6.07, 6.45) is 0.551. The van der Waals surface area contributed by atoms with Crippen LogP contribution in [0.1, 0.15) is 27.7 Å². The van der Waals surface area contributed by atoms with E-state index < -0.39 is 23.5 Å². The normalized spacial score (nSPS) is 15.6. The first-order valence-corrected chi connectivity index (χ1v) is 11.5. The second kappa shape index (κ2) is 9.62. The summed E-state index contributed by atoms with van der Waals surface area (Å²) in [5.41, 5.74) is 2.17. The SMILES string of the molecule is COc1ccc(C2C(C(=O)c3cc4ccccc4o3)=C(O)C(=O)N2CCc2ccccc2)cc1OC. The third-order valence-electron chi connectivity index (χ3n) is 6.41. The molecule has 1 unspecified atom stereocenters. The first kappa shape index (κ1) is 23.2. The van der Waals surface area contributed by atoms with Gasteiger partial charge in [-0.2, -0.15) is 0 Å². The third-order valence-corrected chi connectivity index (χ3v) is 6.41. The van der Waals surface area contributed by atoms with Crippen molar-refractivity contribution < 1.29 is 28.6 Å². The summed E-state index contributed by atoms with van der Waals surface area (Å²) < 4.78 is 16.6. The van der Waals surface area contributed by atoms with Crippen LogP contribution in [-0.4, -0.2) is 42.5 Å². The smallest absolute Gasteiger partial charge is 0.290 e. The molecule has 0 aliphatic carbocycles. The first-order valence-electron chi connectivity index (χ1n) is 11.5. The molecular weight excluding hydrogens is 458 g/mol. The molecule has 36 heavy (non-hydrogen) atoms. The predicted molar refractivity (Wildman–Crippen MR) is 134 cm³/mol. The molecule has 1 aliphatic rings. The van der Waals surface area contributed by atoms with Gasteiger partial charge >= 0.3 is 0 Å². The van der Waals surface area contributed by atoms with E-state index in [-0.39, 0.29) is 11.3 Å². The van der Waals surface area contributed by atoms with Gasteiger partial charge in [-0.3, -0.25) is 9.59 Å². The summed E-state index contributed by atoms with van der Waals surface area (Å²) in [6.45, 7) is 0.294. The highest BCUT2D eigenvalue weighted by Crippen LogP contribution is 2.42. The molecule has 4 aromatic rings. The Hall–Kier alpha value is -4.52. The van der Waals surface area contributed by atoms with Gasteiger partial charge in [0.2, 0.25) is 5.78 Å². The summed E-state index contributed by atoms with van der Waals surface area (Å²) in [5, 5.41) is 11.7. The van der Waals surface area contributed by atoms with E-state index in [1.54, 1.807) is 30.3 Å². The van der Waals surface area contributed by atoms with Crippen molar-refractivity contribution in [1.82, 2.24) is 4.90 Å². The number of methoxy groups -OCH3 is 2. The zero-order chi connectivity index (χ0) is 25.2. The number of Topliss-reactive ketones (excluding diaryl/α,β-unsaturated/α-hetero) is 1. The minimum absolute atomic E-state index is 0.0284. The summed E-state index contributed by atoms with van der Waals surface area (Å²) in [4.78, 5) is 28.5. The number of carbonyl (C=O) groups is 2. The molecule has 0 saturated heterocycles. The van der Waals surface area contributed by atoms with Gasteiger partial charge in [0.05, 0.1) is 25.8 Å². The van der Waals surface area contributed by atoms with Crippen molar-refractivity contribution in [3.8, 4) is 11.5 Å². The monoisotopic (exact) mass is 483 g/mol. The van der Waals surface area contributed by atoms with Crippen LogP contribution in [0, 0.1) is 0 Å². The van der Waals surface area contributed by atoms with Gasteiger partial charge in [0.1, 0.15) is 5.58 Å². The van der Waals surface area contributed by atoms with Crippen LogP contribution in [-0.2, 0) is 11.2 Å². The molecule has 1 aromatic heterocycles. The van der Waals surface area contributed by atoms with Gasteiger partial charge in [0.15, 0.2) is 23.0 Å². The maximum Gasteiger partial charge on any atom is 0.290 e. The number of fused-ring (bicyclic) bond motifs is 1. The van der Waals surface area contributed by atoms with E-state index in [0.717, 1.165) is 10.9 Å². The number of amides is 1. The van der Waals surface area contributed by atoms with Crippen LogP contribution in [0.25, 0.3) is 11.0 Å². The molecular formula is C29H25NO6. The molecule has 1 atom stereocenters. The van der Waals surface area contributed by atoms with Crippen molar-refractivity contribution in [3.05, 3.63) is 107 Å². The van der Waals surface area contributed by atoms with Crippen LogP contribution in [0.2, 0.25) is 0 Å². The summed E-state index contributed by atoms with van der Waals surface area (Å²) >= 11 is 0. The zero-order valence-electron chi connectivity index (χ0n) is 19.9. The second-order valence-electron chi connectivity index (χ2n) is 8.49. The van der Waals surface area contributed by atoms with Crippen molar-refractivity contribution in [2.75, 3.05) is 20.8 Å². The molecule has 0 radical (unpaired) electrons. The minimum Gasteiger partial charge on any atom is -0.503 e. The van der Waals surface area contributed by atoms with Crippen LogP contribution >= 0.6 is 0 Å². The van der Waals surface area contributed by atoms with Gasteiger partial charge in [-0.05, 0) is 41.8 Å². The average molecular weight is 484 g/mol. The van der Waals surface area contributed by atoms with Crippen LogP contribution in [0.3, 0.4) is 0 Å². The van der Waals surface area contributed by atoms with Gasteiger partial charge in [-0.1, -0.05) is 54.6 Å². The topological polar surface area (TPSA) is 89.2 Å². The Morgan fingerprint density at radius 1 is 0.944 bits per heavy atom. The Kier molecular flexibility index (Phi) is 6.21. The molecule has 0 saturated carbocycles. The molecule has 0 spiro atoms. The number of ether oxygens (including phenoxy) is 2. The predicted octanol–water partition coefficient (Wildman–Crippen LogP) is 5.27. The molecule has 3 aromatic carbocycles. The average Bonchev–Trinajstić information content (AvgIpc) is 3.46. The van der Waals surface area contributed by atoms with E-state index in [9.17, 15) is 14.7 Å². The Bertz CT molecular complexity index is 1440. The van der Waals surface area contributed by atoms with Gasteiger partial charge in [0, 0.05) is 11.9 Å². The first-order chi connectivity index (χ1) is 17.5. The Morgan fingerprint density at radius 3 is 2.39 bits per heavy atom. The van der Waals surface area contributed by atoms with Gasteiger partial charge in [-0.15, -0.1) is 0 Å². The van der Waals surface area contributed by atoms with E-state index >= 15 is 0 Å². The largest absolute Gasteiger partial charge is 0.503 e. The van der Waals surface area contributed by atoms with Crippen molar-refractivity contribution in [1.29, 1.82) is 0 Å².